The van der Waals surface area contributed by atoms with Gasteiger partial charge in [-0.1, -0.05) is 23.3 Å². The molecule has 0 saturated carbocycles. The maximum absolute atomic E-state index is 12.3. The first kappa shape index (κ1) is 17.9. The number of rotatable bonds is 5. The van der Waals surface area contributed by atoms with Gasteiger partial charge in [0.2, 0.25) is 5.95 Å². The van der Waals surface area contributed by atoms with Gasteiger partial charge in [0.05, 0.1) is 17.7 Å². The number of urea groups is 1. The number of aryl methyl sites for hydroxylation is 1. The molecule has 0 spiro atoms. The van der Waals surface area contributed by atoms with Gasteiger partial charge in [-0.15, -0.1) is 0 Å². The van der Waals surface area contributed by atoms with Crippen molar-refractivity contribution in [2.45, 2.75) is 11.8 Å². The molecule has 1 aromatic heterocycles. The Labute approximate surface area is 142 Å². The first-order chi connectivity index (χ1) is 11.9. The molecule has 0 radical (unpaired) electrons. The summed E-state index contributed by atoms with van der Waals surface area (Å²) in [5.41, 5.74) is 8.34. The van der Waals surface area contributed by atoms with Gasteiger partial charge >= 0.3 is 12.0 Å². The highest BCUT2D eigenvalue weighted by Crippen LogP contribution is 2.23. The quantitative estimate of drug-likeness (QED) is 0.461. The minimum atomic E-state index is -4.29. The summed E-state index contributed by atoms with van der Waals surface area (Å²) in [6.07, 6.45) is 0. The van der Waals surface area contributed by atoms with E-state index in [1.807, 2.05) is 0 Å². The molecule has 25 heavy (non-hydrogen) atoms. The number of azide groups is 1. The predicted octanol–water partition coefficient (Wildman–Crippen LogP) is 1.64. The van der Waals surface area contributed by atoms with Gasteiger partial charge in [0.1, 0.15) is 5.82 Å². The number of methoxy groups -OCH3 is 1. The van der Waals surface area contributed by atoms with E-state index < -0.39 is 16.1 Å². The van der Waals surface area contributed by atoms with Crippen LogP contribution in [-0.4, -0.2) is 36.5 Å². The van der Waals surface area contributed by atoms with E-state index in [4.69, 9.17) is 10.3 Å². The van der Waals surface area contributed by atoms with Gasteiger partial charge in [0.15, 0.2) is 0 Å². The summed E-state index contributed by atoms with van der Waals surface area (Å²) in [5, 5.41) is 5.44. The van der Waals surface area contributed by atoms with Crippen molar-refractivity contribution in [3.63, 3.8) is 0 Å². The topological polar surface area (TPSA) is 172 Å². The molecular formula is C12H12N8O4S. The number of anilines is 1. The Morgan fingerprint density at radius 1 is 1.28 bits per heavy atom. The molecule has 130 valence electrons. The number of sulfonamides is 1. The van der Waals surface area contributed by atoms with Crippen molar-refractivity contribution in [2.24, 2.45) is 5.11 Å². The second-order valence-corrected chi connectivity index (χ2v) is 6.06. The second-order valence-electron chi connectivity index (χ2n) is 4.41. The summed E-state index contributed by atoms with van der Waals surface area (Å²) >= 11 is 0. The average Bonchev–Trinajstić information content (AvgIpc) is 2.54. The summed E-state index contributed by atoms with van der Waals surface area (Å²) in [5.74, 6) is 0.0686. The molecule has 0 aliphatic heterocycles. The van der Waals surface area contributed by atoms with E-state index in [9.17, 15) is 13.2 Å². The third kappa shape index (κ3) is 4.53. The average molecular weight is 364 g/mol. The van der Waals surface area contributed by atoms with Gasteiger partial charge in [-0.3, -0.25) is 5.32 Å². The van der Waals surface area contributed by atoms with Crippen molar-refractivity contribution in [3.8, 4) is 6.01 Å². The van der Waals surface area contributed by atoms with Crippen LogP contribution in [0.25, 0.3) is 10.4 Å². The van der Waals surface area contributed by atoms with Crippen LogP contribution in [0.3, 0.4) is 0 Å². The predicted molar refractivity (Wildman–Crippen MR) is 85.7 cm³/mol. The summed E-state index contributed by atoms with van der Waals surface area (Å²) in [6, 6.07) is 4.25. The van der Waals surface area contributed by atoms with E-state index in [1.165, 1.54) is 31.4 Å². The number of hydrogen-bond acceptors (Lipinski definition) is 8. The Kier molecular flexibility index (Phi) is 5.31. The van der Waals surface area contributed by atoms with E-state index >= 15 is 0 Å². The zero-order valence-electron chi connectivity index (χ0n) is 13.0. The third-order valence-corrected chi connectivity index (χ3v) is 4.05. The van der Waals surface area contributed by atoms with Crippen LogP contribution >= 0.6 is 0 Å². The monoisotopic (exact) mass is 364 g/mol. The molecule has 2 aromatic rings. The zero-order valence-corrected chi connectivity index (χ0v) is 13.9. The third-order valence-electron chi connectivity index (χ3n) is 2.67. The fourth-order valence-corrected chi connectivity index (χ4v) is 2.77. The van der Waals surface area contributed by atoms with E-state index in [-0.39, 0.29) is 28.4 Å². The lowest BCUT2D eigenvalue weighted by molar-refractivity contribution is 0.256. The van der Waals surface area contributed by atoms with E-state index in [1.54, 1.807) is 11.6 Å². The molecule has 2 rings (SSSR count). The maximum atomic E-state index is 12.3. The highest BCUT2D eigenvalue weighted by Gasteiger charge is 2.21. The number of nitrogens with zero attached hydrogens (tertiary/aromatic N) is 6. The lowest BCUT2D eigenvalue weighted by atomic mass is 10.3. The Morgan fingerprint density at radius 2 is 2.00 bits per heavy atom. The number of amides is 2. The normalized spacial score (nSPS) is 10.5. The lowest BCUT2D eigenvalue weighted by Crippen LogP contribution is -2.35. The number of aromatic nitrogens is 3. The van der Waals surface area contributed by atoms with Crippen LogP contribution in [0.2, 0.25) is 0 Å². The number of carbonyl (C=O) groups excluding carboxylic acids is 1. The van der Waals surface area contributed by atoms with Crippen LogP contribution in [0.5, 0.6) is 6.01 Å². The molecule has 0 aliphatic carbocycles. The van der Waals surface area contributed by atoms with E-state index in [0.29, 0.717) is 0 Å². The van der Waals surface area contributed by atoms with Crippen molar-refractivity contribution in [1.29, 1.82) is 0 Å². The Morgan fingerprint density at radius 3 is 2.68 bits per heavy atom. The number of hydrogen-bond donors (Lipinski definition) is 2. The summed E-state index contributed by atoms with van der Waals surface area (Å²) in [6.45, 7) is 1.54. The molecule has 0 atom stereocenters. The molecule has 1 aromatic carbocycles. The van der Waals surface area contributed by atoms with Crippen molar-refractivity contribution in [1.82, 2.24) is 19.7 Å². The molecule has 2 amide bonds. The van der Waals surface area contributed by atoms with Gasteiger partial charge in [0, 0.05) is 4.91 Å². The molecule has 0 aliphatic rings. The molecule has 0 bridgehead atoms. The van der Waals surface area contributed by atoms with Crippen molar-refractivity contribution >= 4 is 27.7 Å². The standard InChI is InChI=1S/C12H12N8O4S/c1-7-14-10(17-12(15-7)24-2)16-11(21)19-25(22,23)9-6-4-3-5-8(9)18-20-13/h3-6H,1-2H3,(H2,14,15,16,17,19,21). The van der Waals surface area contributed by atoms with Gasteiger partial charge in [0.25, 0.3) is 10.0 Å². The van der Waals surface area contributed by atoms with Crippen molar-refractivity contribution in [2.75, 3.05) is 12.4 Å². The van der Waals surface area contributed by atoms with Crippen molar-refractivity contribution < 1.29 is 17.9 Å². The molecule has 0 fully saturated rings. The minimum absolute atomic E-state index is 0.0423. The number of carbonyl (C=O) groups is 1. The minimum Gasteiger partial charge on any atom is -0.467 e. The molecule has 1 heterocycles. The zero-order chi connectivity index (χ0) is 18.4. The first-order valence-electron chi connectivity index (χ1n) is 6.60. The lowest BCUT2D eigenvalue weighted by Gasteiger charge is -2.10. The SMILES string of the molecule is COc1nc(C)nc(NC(=O)NS(=O)(=O)c2ccccc2N=[N+]=[N-])n1. The summed E-state index contributed by atoms with van der Waals surface area (Å²) < 4.78 is 31.2. The number of ether oxygens (including phenoxy) is 1. The van der Waals surface area contributed by atoms with Crippen LogP contribution < -0.4 is 14.8 Å². The number of benzene rings is 1. The van der Waals surface area contributed by atoms with Crippen LogP contribution in [0.15, 0.2) is 34.3 Å². The molecule has 13 heteroatoms. The smallest absolute Gasteiger partial charge is 0.335 e. The molecule has 0 saturated heterocycles. The van der Waals surface area contributed by atoms with Gasteiger partial charge < -0.3 is 4.74 Å². The van der Waals surface area contributed by atoms with Gasteiger partial charge in [-0.25, -0.2) is 17.9 Å². The van der Waals surface area contributed by atoms with Crippen LogP contribution in [0, 0.1) is 6.92 Å². The fourth-order valence-electron chi connectivity index (χ4n) is 1.72. The van der Waals surface area contributed by atoms with Gasteiger partial charge in [-0.2, -0.15) is 15.0 Å². The highest BCUT2D eigenvalue weighted by molar-refractivity contribution is 7.90. The Hall–Kier alpha value is -3.44. The Balaban J connectivity index is 2.22. The summed E-state index contributed by atoms with van der Waals surface area (Å²) in [4.78, 5) is 25.6. The maximum Gasteiger partial charge on any atom is 0.335 e. The van der Waals surface area contributed by atoms with E-state index in [0.717, 1.165) is 0 Å². The van der Waals surface area contributed by atoms with Crippen molar-refractivity contribution in [3.05, 3.63) is 40.5 Å². The Bertz CT molecular complexity index is 955. The second kappa shape index (κ2) is 7.42. The number of nitrogens with one attached hydrogen (secondary N) is 2. The molecule has 2 N–H and O–H groups in total. The molecule has 12 nitrogen and oxygen atoms in total. The fraction of sp³-hybridized carbons (Fsp3) is 0.167. The molecular weight excluding hydrogens is 352 g/mol. The molecule has 0 unspecified atom stereocenters. The van der Waals surface area contributed by atoms with Crippen LogP contribution in [-0.2, 0) is 10.0 Å². The van der Waals surface area contributed by atoms with Crippen LogP contribution in [0.4, 0.5) is 16.4 Å². The van der Waals surface area contributed by atoms with Gasteiger partial charge in [-0.05, 0) is 18.5 Å². The highest BCUT2D eigenvalue weighted by atomic mass is 32.2. The largest absolute Gasteiger partial charge is 0.467 e. The van der Waals surface area contributed by atoms with Crippen LogP contribution in [0.1, 0.15) is 5.82 Å². The summed E-state index contributed by atoms with van der Waals surface area (Å²) in [7, 11) is -2.96. The van der Waals surface area contributed by atoms with E-state index in [2.05, 4.69) is 30.3 Å². The first-order valence-corrected chi connectivity index (χ1v) is 8.08.